The second kappa shape index (κ2) is 3.93. The first kappa shape index (κ1) is 10.6. The summed E-state index contributed by atoms with van der Waals surface area (Å²) in [5, 5.41) is 0. The molecule has 1 nitrogen and oxygen atoms in total. The summed E-state index contributed by atoms with van der Waals surface area (Å²) >= 11 is 0. The second-order valence-corrected chi connectivity index (χ2v) is 4.84. The number of hydrogen-bond acceptors (Lipinski definition) is 1. The predicted molar refractivity (Wildman–Crippen MR) is 60.6 cm³/mol. The second-order valence-electron chi connectivity index (χ2n) is 4.84. The number of benzene rings is 1. The van der Waals surface area contributed by atoms with Crippen LogP contribution >= 0.6 is 0 Å². The molecule has 0 saturated heterocycles. The predicted octanol–water partition coefficient (Wildman–Crippen LogP) is 2.62. The van der Waals surface area contributed by atoms with Crippen LogP contribution in [0.25, 0.3) is 0 Å². The summed E-state index contributed by atoms with van der Waals surface area (Å²) in [6, 6.07) is 8.15. The molecule has 1 fully saturated rings. The highest BCUT2D eigenvalue weighted by Gasteiger charge is 2.37. The molecule has 15 heavy (non-hydrogen) atoms. The van der Waals surface area contributed by atoms with Gasteiger partial charge in [-0.3, -0.25) is 0 Å². The fourth-order valence-electron chi connectivity index (χ4n) is 1.94. The average molecular weight is 207 g/mol. The molecule has 2 heteroatoms. The minimum atomic E-state index is -0.770. The summed E-state index contributed by atoms with van der Waals surface area (Å²) in [6.45, 7) is 1.60. The third kappa shape index (κ3) is 3.03. The van der Waals surface area contributed by atoms with Crippen LogP contribution in [-0.2, 0) is 12.8 Å². The number of halogens is 1. The van der Waals surface area contributed by atoms with E-state index in [0.29, 0.717) is 6.42 Å². The van der Waals surface area contributed by atoms with Crippen molar-refractivity contribution in [1.82, 2.24) is 0 Å². The molecule has 0 bridgehead atoms. The number of hydrogen-bond donors (Lipinski definition) is 1. The van der Waals surface area contributed by atoms with Crippen LogP contribution in [0.15, 0.2) is 24.3 Å². The zero-order chi connectivity index (χ0) is 10.9. The van der Waals surface area contributed by atoms with Crippen molar-refractivity contribution in [3.8, 4) is 0 Å². The molecule has 2 rings (SSSR count). The molecule has 82 valence electrons. The zero-order valence-corrected chi connectivity index (χ0v) is 9.17. The first-order valence-electron chi connectivity index (χ1n) is 5.58. The lowest BCUT2D eigenvalue weighted by molar-refractivity contribution is 0.360. The molecule has 0 amide bonds. The third-order valence-corrected chi connectivity index (χ3v) is 2.96. The highest BCUT2D eigenvalue weighted by Crippen LogP contribution is 2.35. The van der Waals surface area contributed by atoms with E-state index in [2.05, 4.69) is 12.1 Å². The minimum absolute atomic E-state index is 0.0416. The SMILES string of the molecule is CC(F)Cc1cccc(CC2(N)CC2)c1. The average Bonchev–Trinajstić information content (AvgIpc) is 2.82. The van der Waals surface area contributed by atoms with E-state index < -0.39 is 6.17 Å². The fraction of sp³-hybridized carbons (Fsp3) is 0.538. The first-order chi connectivity index (χ1) is 7.07. The smallest absolute Gasteiger partial charge is 0.101 e. The van der Waals surface area contributed by atoms with E-state index in [4.69, 9.17) is 5.73 Å². The topological polar surface area (TPSA) is 26.0 Å². The van der Waals surface area contributed by atoms with Crippen LogP contribution in [0.4, 0.5) is 4.39 Å². The Hall–Kier alpha value is -0.890. The monoisotopic (exact) mass is 207 g/mol. The summed E-state index contributed by atoms with van der Waals surface area (Å²) in [5.41, 5.74) is 8.42. The molecule has 2 N–H and O–H groups in total. The maximum atomic E-state index is 12.8. The molecule has 0 aromatic heterocycles. The van der Waals surface area contributed by atoms with Gasteiger partial charge >= 0.3 is 0 Å². The molecule has 1 aliphatic carbocycles. The standard InChI is InChI=1S/C13H18FN/c1-10(14)7-11-3-2-4-12(8-11)9-13(15)5-6-13/h2-4,8,10H,5-7,9,15H2,1H3. The highest BCUT2D eigenvalue weighted by molar-refractivity contribution is 5.27. The molecule has 0 spiro atoms. The summed E-state index contributed by atoms with van der Waals surface area (Å²) < 4.78 is 12.8. The minimum Gasteiger partial charge on any atom is -0.325 e. The molecule has 1 aliphatic rings. The lowest BCUT2D eigenvalue weighted by Crippen LogP contribution is -2.24. The van der Waals surface area contributed by atoms with Gasteiger partial charge in [0.25, 0.3) is 0 Å². The molecule has 1 aromatic carbocycles. The molecule has 1 unspecified atom stereocenters. The Morgan fingerprint density at radius 3 is 2.67 bits per heavy atom. The van der Waals surface area contributed by atoms with Crippen LogP contribution < -0.4 is 5.73 Å². The van der Waals surface area contributed by atoms with E-state index in [1.54, 1.807) is 6.92 Å². The molecule has 0 heterocycles. The lowest BCUT2D eigenvalue weighted by Gasteiger charge is -2.10. The Bertz CT molecular complexity index is 342. The van der Waals surface area contributed by atoms with Crippen molar-refractivity contribution in [2.45, 2.75) is 44.3 Å². The van der Waals surface area contributed by atoms with E-state index in [1.807, 2.05) is 12.1 Å². The molecule has 1 atom stereocenters. The Labute approximate surface area is 90.5 Å². The van der Waals surface area contributed by atoms with E-state index in [-0.39, 0.29) is 5.54 Å². The van der Waals surface area contributed by atoms with Crippen molar-refractivity contribution in [1.29, 1.82) is 0 Å². The van der Waals surface area contributed by atoms with Gasteiger partial charge < -0.3 is 5.73 Å². The van der Waals surface area contributed by atoms with Gasteiger partial charge in [-0.05, 0) is 37.3 Å². The van der Waals surface area contributed by atoms with Crippen molar-refractivity contribution in [2.24, 2.45) is 5.73 Å². The Balaban J connectivity index is 2.05. The molecule has 0 aliphatic heterocycles. The van der Waals surface area contributed by atoms with Gasteiger partial charge in [0.1, 0.15) is 6.17 Å². The molecular formula is C13H18FN. The van der Waals surface area contributed by atoms with Gasteiger partial charge in [-0.15, -0.1) is 0 Å². The van der Waals surface area contributed by atoms with E-state index in [1.165, 1.54) is 5.56 Å². The molecule has 1 saturated carbocycles. The van der Waals surface area contributed by atoms with E-state index in [0.717, 1.165) is 24.8 Å². The first-order valence-corrected chi connectivity index (χ1v) is 5.58. The zero-order valence-electron chi connectivity index (χ0n) is 9.17. The van der Waals surface area contributed by atoms with Crippen molar-refractivity contribution in [3.05, 3.63) is 35.4 Å². The fourth-order valence-corrected chi connectivity index (χ4v) is 1.94. The van der Waals surface area contributed by atoms with Crippen molar-refractivity contribution >= 4 is 0 Å². The number of nitrogens with two attached hydrogens (primary N) is 1. The van der Waals surface area contributed by atoms with Gasteiger partial charge in [-0.1, -0.05) is 24.3 Å². The maximum absolute atomic E-state index is 12.8. The van der Waals surface area contributed by atoms with Crippen LogP contribution in [0.1, 0.15) is 30.9 Å². The Morgan fingerprint density at radius 2 is 2.07 bits per heavy atom. The van der Waals surface area contributed by atoms with E-state index >= 15 is 0 Å². The highest BCUT2D eigenvalue weighted by atomic mass is 19.1. The Morgan fingerprint density at radius 1 is 1.40 bits per heavy atom. The summed E-state index contributed by atoms with van der Waals surface area (Å²) in [4.78, 5) is 0. The van der Waals surface area contributed by atoms with Gasteiger partial charge in [0.2, 0.25) is 0 Å². The summed E-state index contributed by atoms with van der Waals surface area (Å²) in [5.74, 6) is 0. The van der Waals surface area contributed by atoms with Crippen molar-refractivity contribution in [2.75, 3.05) is 0 Å². The summed E-state index contributed by atoms with van der Waals surface area (Å²) in [7, 11) is 0. The van der Waals surface area contributed by atoms with Crippen molar-refractivity contribution < 1.29 is 4.39 Å². The maximum Gasteiger partial charge on any atom is 0.101 e. The third-order valence-electron chi connectivity index (χ3n) is 2.96. The van der Waals surface area contributed by atoms with Gasteiger partial charge in [-0.25, -0.2) is 4.39 Å². The van der Waals surface area contributed by atoms with Gasteiger partial charge in [0.05, 0.1) is 0 Å². The number of alkyl halides is 1. The lowest BCUT2D eigenvalue weighted by atomic mass is 10.0. The van der Waals surface area contributed by atoms with Crippen LogP contribution in [-0.4, -0.2) is 11.7 Å². The van der Waals surface area contributed by atoms with Crippen LogP contribution in [0.3, 0.4) is 0 Å². The molecule has 1 aromatic rings. The largest absolute Gasteiger partial charge is 0.325 e. The Kier molecular flexibility index (Phi) is 2.79. The molecule has 0 radical (unpaired) electrons. The van der Waals surface area contributed by atoms with Crippen LogP contribution in [0, 0.1) is 0 Å². The number of rotatable bonds is 4. The van der Waals surface area contributed by atoms with Gasteiger partial charge in [0.15, 0.2) is 0 Å². The van der Waals surface area contributed by atoms with Crippen molar-refractivity contribution in [3.63, 3.8) is 0 Å². The molecular weight excluding hydrogens is 189 g/mol. The van der Waals surface area contributed by atoms with Gasteiger partial charge in [-0.2, -0.15) is 0 Å². The van der Waals surface area contributed by atoms with Crippen LogP contribution in [0.2, 0.25) is 0 Å². The van der Waals surface area contributed by atoms with Gasteiger partial charge in [0, 0.05) is 12.0 Å². The quantitative estimate of drug-likeness (QED) is 0.807. The normalized spacial score (nSPS) is 19.9. The van der Waals surface area contributed by atoms with Crippen LogP contribution in [0.5, 0.6) is 0 Å². The van der Waals surface area contributed by atoms with E-state index in [9.17, 15) is 4.39 Å². The summed E-state index contributed by atoms with van der Waals surface area (Å²) in [6.07, 6.45) is 2.91.